The van der Waals surface area contributed by atoms with Crippen LogP contribution in [0.2, 0.25) is 0 Å². The number of nitrogens with zero attached hydrogens (tertiary/aromatic N) is 1. The summed E-state index contributed by atoms with van der Waals surface area (Å²) in [5, 5.41) is 3.15. The molecule has 0 spiro atoms. The molecular formula is C25H27FN2O2S. The number of carbonyl (C=O) groups excluding carboxylic acids is 2. The van der Waals surface area contributed by atoms with Crippen LogP contribution in [0.4, 0.5) is 10.1 Å². The Morgan fingerprint density at radius 2 is 1.90 bits per heavy atom. The number of amides is 2. The van der Waals surface area contributed by atoms with Crippen LogP contribution in [0, 0.1) is 17.7 Å². The minimum atomic E-state index is -0.382. The molecule has 3 atom stereocenters. The van der Waals surface area contributed by atoms with Crippen LogP contribution in [0.15, 0.2) is 58.3 Å². The summed E-state index contributed by atoms with van der Waals surface area (Å²) in [6.07, 6.45) is 4.82. The van der Waals surface area contributed by atoms with Crippen LogP contribution >= 0.6 is 11.8 Å². The first-order valence-corrected chi connectivity index (χ1v) is 11.6. The number of anilines is 1. The molecule has 2 aliphatic rings. The Balaban J connectivity index is 1.58. The zero-order valence-corrected chi connectivity index (χ0v) is 18.6. The topological polar surface area (TPSA) is 49.4 Å². The maximum Gasteiger partial charge on any atom is 0.265 e. The summed E-state index contributed by atoms with van der Waals surface area (Å²) < 4.78 is 14.2. The van der Waals surface area contributed by atoms with Crippen molar-refractivity contribution in [3.63, 3.8) is 0 Å². The normalized spacial score (nSPS) is 24.7. The summed E-state index contributed by atoms with van der Waals surface area (Å²) >= 11 is 1.31. The van der Waals surface area contributed by atoms with Gasteiger partial charge in [-0.25, -0.2) is 4.39 Å². The lowest BCUT2D eigenvalue weighted by Gasteiger charge is -2.35. The number of para-hydroxylation sites is 1. The Hall–Kier alpha value is -2.60. The van der Waals surface area contributed by atoms with Gasteiger partial charge in [0.1, 0.15) is 12.4 Å². The Labute approximate surface area is 186 Å². The Bertz CT molecular complexity index is 1020. The molecular weight excluding hydrogens is 411 g/mol. The molecule has 4 rings (SSSR count). The van der Waals surface area contributed by atoms with Crippen LogP contribution in [0.3, 0.4) is 0 Å². The number of hydrogen-bond acceptors (Lipinski definition) is 3. The van der Waals surface area contributed by atoms with Crippen molar-refractivity contribution >= 4 is 35.3 Å². The highest BCUT2D eigenvalue weighted by molar-refractivity contribution is 8.04. The molecule has 1 aliphatic carbocycles. The quantitative estimate of drug-likeness (QED) is 0.664. The Morgan fingerprint density at radius 1 is 1.16 bits per heavy atom. The largest absolute Gasteiger partial charge is 0.352 e. The fourth-order valence-corrected chi connectivity index (χ4v) is 5.38. The molecule has 2 amide bonds. The molecule has 4 nitrogen and oxygen atoms in total. The maximum absolute atomic E-state index is 14.2. The molecule has 0 aromatic heterocycles. The summed E-state index contributed by atoms with van der Waals surface area (Å²) in [6, 6.07) is 14.0. The minimum absolute atomic E-state index is 0.0530. The first kappa shape index (κ1) is 21.6. The van der Waals surface area contributed by atoms with Gasteiger partial charge in [0.2, 0.25) is 5.91 Å². The fraction of sp³-hybridized carbons (Fsp3) is 0.360. The predicted octanol–water partition coefficient (Wildman–Crippen LogP) is 5.25. The number of nitrogens with one attached hydrogen (secondary N) is 1. The summed E-state index contributed by atoms with van der Waals surface area (Å²) in [4.78, 5) is 29.0. The SMILES string of the molecule is C[C@H]1[C@H](C)CCC[C@H]1NC(=O)CN1C(=O)/C(=C/c2ccccc2F)Sc2ccccc21. The van der Waals surface area contributed by atoms with Gasteiger partial charge in [-0.1, -0.05) is 68.8 Å². The van der Waals surface area contributed by atoms with E-state index in [9.17, 15) is 14.0 Å². The monoisotopic (exact) mass is 438 g/mol. The van der Waals surface area contributed by atoms with E-state index in [1.807, 2.05) is 24.3 Å². The molecule has 0 bridgehead atoms. The molecule has 0 unspecified atom stereocenters. The lowest BCUT2D eigenvalue weighted by Crippen LogP contribution is -2.49. The first-order valence-electron chi connectivity index (χ1n) is 10.8. The second kappa shape index (κ2) is 9.27. The molecule has 2 aromatic rings. The predicted molar refractivity (Wildman–Crippen MR) is 123 cm³/mol. The summed E-state index contributed by atoms with van der Waals surface area (Å²) in [5.74, 6) is 0.155. The van der Waals surface area contributed by atoms with Crippen LogP contribution in [0.25, 0.3) is 6.08 Å². The van der Waals surface area contributed by atoms with Crippen molar-refractivity contribution in [1.82, 2.24) is 5.32 Å². The lowest BCUT2D eigenvalue weighted by molar-refractivity contribution is -0.123. The van der Waals surface area contributed by atoms with E-state index in [-0.39, 0.29) is 30.2 Å². The third-order valence-electron chi connectivity index (χ3n) is 6.38. The van der Waals surface area contributed by atoms with Gasteiger partial charge >= 0.3 is 0 Å². The smallest absolute Gasteiger partial charge is 0.265 e. The third-order valence-corrected chi connectivity index (χ3v) is 7.46. The van der Waals surface area contributed by atoms with Gasteiger partial charge in [0.05, 0.1) is 10.6 Å². The molecule has 1 fully saturated rings. The van der Waals surface area contributed by atoms with Crippen molar-refractivity contribution in [2.24, 2.45) is 11.8 Å². The van der Waals surface area contributed by atoms with E-state index in [0.29, 0.717) is 28.0 Å². The molecule has 1 aliphatic heterocycles. The Morgan fingerprint density at radius 3 is 2.71 bits per heavy atom. The van der Waals surface area contributed by atoms with E-state index in [4.69, 9.17) is 0 Å². The molecule has 162 valence electrons. The van der Waals surface area contributed by atoms with Crippen LogP contribution in [-0.2, 0) is 9.59 Å². The highest BCUT2D eigenvalue weighted by atomic mass is 32.2. The van der Waals surface area contributed by atoms with Gasteiger partial charge in [0.15, 0.2) is 0 Å². The Kier molecular flexibility index (Phi) is 6.46. The zero-order chi connectivity index (χ0) is 22.0. The van der Waals surface area contributed by atoms with Gasteiger partial charge in [0, 0.05) is 16.5 Å². The number of carbonyl (C=O) groups is 2. The van der Waals surface area contributed by atoms with Gasteiger partial charge in [-0.15, -0.1) is 0 Å². The van der Waals surface area contributed by atoms with Crippen LogP contribution in [-0.4, -0.2) is 24.4 Å². The molecule has 1 heterocycles. The van der Waals surface area contributed by atoms with E-state index in [0.717, 1.165) is 17.7 Å². The van der Waals surface area contributed by atoms with E-state index in [2.05, 4.69) is 19.2 Å². The molecule has 2 aromatic carbocycles. The second-order valence-corrected chi connectivity index (χ2v) is 9.52. The van der Waals surface area contributed by atoms with Crippen molar-refractivity contribution in [1.29, 1.82) is 0 Å². The van der Waals surface area contributed by atoms with E-state index >= 15 is 0 Å². The van der Waals surface area contributed by atoms with Crippen LogP contribution < -0.4 is 10.2 Å². The highest BCUT2D eigenvalue weighted by Crippen LogP contribution is 2.42. The molecule has 31 heavy (non-hydrogen) atoms. The molecule has 1 saturated carbocycles. The van der Waals surface area contributed by atoms with Gasteiger partial charge < -0.3 is 5.32 Å². The van der Waals surface area contributed by atoms with Gasteiger partial charge in [0.25, 0.3) is 5.91 Å². The van der Waals surface area contributed by atoms with Crippen molar-refractivity contribution in [3.05, 3.63) is 64.8 Å². The summed E-state index contributed by atoms with van der Waals surface area (Å²) in [6.45, 7) is 4.36. The number of hydrogen-bond donors (Lipinski definition) is 1. The van der Waals surface area contributed by atoms with Crippen molar-refractivity contribution in [2.45, 2.75) is 44.0 Å². The fourth-order valence-electron chi connectivity index (χ4n) is 4.33. The zero-order valence-electron chi connectivity index (χ0n) is 17.8. The van der Waals surface area contributed by atoms with E-state index in [1.54, 1.807) is 24.3 Å². The van der Waals surface area contributed by atoms with E-state index < -0.39 is 0 Å². The van der Waals surface area contributed by atoms with Gasteiger partial charge in [-0.2, -0.15) is 0 Å². The third kappa shape index (κ3) is 4.69. The molecule has 0 saturated heterocycles. The number of fused-ring (bicyclic) bond motifs is 1. The van der Waals surface area contributed by atoms with Crippen molar-refractivity contribution in [2.75, 3.05) is 11.4 Å². The number of rotatable bonds is 4. The van der Waals surface area contributed by atoms with E-state index in [1.165, 1.54) is 29.1 Å². The van der Waals surface area contributed by atoms with Gasteiger partial charge in [-0.3, -0.25) is 14.5 Å². The minimum Gasteiger partial charge on any atom is -0.352 e. The summed E-state index contributed by atoms with van der Waals surface area (Å²) in [5.41, 5.74) is 1.07. The lowest BCUT2D eigenvalue weighted by atomic mass is 9.78. The second-order valence-electron chi connectivity index (χ2n) is 8.43. The number of halogens is 1. The number of thioether (sulfide) groups is 1. The van der Waals surface area contributed by atoms with Crippen LogP contribution in [0.5, 0.6) is 0 Å². The standard InChI is InChI=1S/C25H27FN2O2S/c1-16-8-7-11-20(17(16)2)27-24(29)15-28-21-12-5-6-13-22(21)31-23(25(28)30)14-18-9-3-4-10-19(18)26/h3-6,9-10,12-14,16-17,20H,7-8,11,15H2,1-2H3,(H,27,29)/b23-14-/t16-,17+,20-/m1/s1. The highest BCUT2D eigenvalue weighted by Gasteiger charge is 2.33. The van der Waals surface area contributed by atoms with Crippen LogP contribution in [0.1, 0.15) is 38.7 Å². The first-order chi connectivity index (χ1) is 14.9. The molecule has 0 radical (unpaired) electrons. The number of benzene rings is 2. The average molecular weight is 439 g/mol. The van der Waals surface area contributed by atoms with Crippen molar-refractivity contribution < 1.29 is 14.0 Å². The summed E-state index contributed by atoms with van der Waals surface area (Å²) in [7, 11) is 0. The maximum atomic E-state index is 14.2. The average Bonchev–Trinajstić information content (AvgIpc) is 2.76. The van der Waals surface area contributed by atoms with Crippen molar-refractivity contribution in [3.8, 4) is 0 Å². The van der Waals surface area contributed by atoms with Gasteiger partial charge in [-0.05, 0) is 42.5 Å². The molecule has 1 N–H and O–H groups in total. The molecule has 6 heteroatoms.